The smallest absolute Gasteiger partial charge is 0.417 e. The van der Waals surface area contributed by atoms with Gasteiger partial charge in [0.1, 0.15) is 5.60 Å². The van der Waals surface area contributed by atoms with E-state index in [4.69, 9.17) is 9.47 Å². The van der Waals surface area contributed by atoms with Crippen LogP contribution in [0, 0.1) is 5.41 Å². The van der Waals surface area contributed by atoms with Crippen molar-refractivity contribution in [3.8, 4) is 0 Å². The highest BCUT2D eigenvalue weighted by Crippen LogP contribution is 2.21. The third-order valence-corrected chi connectivity index (χ3v) is 2.12. The maximum absolute atomic E-state index is 11.3. The molecule has 0 aromatic heterocycles. The molecule has 0 heterocycles. The van der Waals surface area contributed by atoms with Crippen LogP contribution in [-0.2, 0) is 19.1 Å². The van der Waals surface area contributed by atoms with Crippen LogP contribution in [0.1, 0.15) is 60.8 Å². The summed E-state index contributed by atoms with van der Waals surface area (Å²) in [6.45, 7) is 11.9. The molecule has 0 aliphatic carbocycles. The Morgan fingerprint density at radius 3 is 1.89 bits per heavy atom. The predicted molar refractivity (Wildman–Crippen MR) is 70.1 cm³/mol. The van der Waals surface area contributed by atoms with E-state index in [1.54, 1.807) is 20.8 Å². The molecular formula is C14H26O4. The molecule has 0 rings (SSSR count). The molecule has 0 saturated heterocycles. The number of carbonyl (C=O) groups is 2. The first kappa shape index (κ1) is 16.9. The van der Waals surface area contributed by atoms with E-state index in [-0.39, 0.29) is 12.0 Å². The number of carbonyl (C=O) groups excluding carboxylic acids is 2. The first-order valence-corrected chi connectivity index (χ1v) is 6.41. The van der Waals surface area contributed by atoms with E-state index >= 15 is 0 Å². The van der Waals surface area contributed by atoms with E-state index in [0.29, 0.717) is 0 Å². The number of unbranched alkanes of at least 4 members (excludes halogenated alkanes) is 1. The number of hydrogen-bond donors (Lipinski definition) is 0. The lowest BCUT2D eigenvalue weighted by Gasteiger charge is -2.19. The van der Waals surface area contributed by atoms with Crippen molar-refractivity contribution in [2.45, 2.75) is 66.4 Å². The van der Waals surface area contributed by atoms with Crippen molar-refractivity contribution in [1.29, 1.82) is 0 Å². The Balaban J connectivity index is 3.75. The van der Waals surface area contributed by atoms with Gasteiger partial charge in [0.25, 0.3) is 0 Å². The van der Waals surface area contributed by atoms with Gasteiger partial charge in [-0.15, -0.1) is 0 Å². The van der Waals surface area contributed by atoms with Crippen LogP contribution >= 0.6 is 0 Å². The van der Waals surface area contributed by atoms with Gasteiger partial charge in [-0.25, -0.2) is 9.59 Å². The Morgan fingerprint density at radius 1 is 0.889 bits per heavy atom. The highest BCUT2D eigenvalue weighted by molar-refractivity contribution is 6.29. The highest BCUT2D eigenvalue weighted by atomic mass is 16.6. The minimum atomic E-state index is -0.918. The molecular weight excluding hydrogens is 232 g/mol. The van der Waals surface area contributed by atoms with Crippen molar-refractivity contribution in [3.05, 3.63) is 0 Å². The average Bonchev–Trinajstić information content (AvgIpc) is 2.12. The molecule has 0 fully saturated rings. The zero-order valence-electron chi connectivity index (χ0n) is 12.5. The summed E-state index contributed by atoms with van der Waals surface area (Å²) < 4.78 is 9.75. The molecule has 0 atom stereocenters. The van der Waals surface area contributed by atoms with Crippen LogP contribution in [0.25, 0.3) is 0 Å². The predicted octanol–water partition coefficient (Wildman–Crippen LogP) is 3.09. The molecule has 0 bridgehead atoms. The molecule has 0 aromatic rings. The van der Waals surface area contributed by atoms with Crippen molar-refractivity contribution in [3.63, 3.8) is 0 Å². The molecule has 4 heteroatoms. The van der Waals surface area contributed by atoms with Gasteiger partial charge in [0, 0.05) is 0 Å². The van der Waals surface area contributed by atoms with Gasteiger partial charge in [0.2, 0.25) is 0 Å². The van der Waals surface area contributed by atoms with Crippen LogP contribution in [0.5, 0.6) is 0 Å². The van der Waals surface area contributed by atoms with Crippen molar-refractivity contribution >= 4 is 11.9 Å². The van der Waals surface area contributed by atoms with E-state index in [0.717, 1.165) is 19.3 Å². The fraction of sp³-hybridized carbons (Fsp3) is 0.857. The van der Waals surface area contributed by atoms with E-state index in [1.165, 1.54) is 0 Å². The molecule has 0 spiro atoms. The summed E-state index contributed by atoms with van der Waals surface area (Å²) in [4.78, 5) is 22.6. The quantitative estimate of drug-likeness (QED) is 0.442. The van der Waals surface area contributed by atoms with Crippen LogP contribution in [0.3, 0.4) is 0 Å². The fourth-order valence-corrected chi connectivity index (χ4v) is 1.30. The molecule has 0 N–H and O–H groups in total. The second-order valence-corrected chi connectivity index (χ2v) is 6.66. The van der Waals surface area contributed by atoms with Gasteiger partial charge < -0.3 is 9.47 Å². The first-order chi connectivity index (χ1) is 8.01. The number of hydrogen-bond acceptors (Lipinski definition) is 4. The highest BCUT2D eigenvalue weighted by Gasteiger charge is 2.24. The lowest BCUT2D eigenvalue weighted by molar-refractivity contribution is -0.174. The SMILES string of the molecule is CC(C)(C)CCCCOC(=O)C(=O)OC(C)(C)C. The largest absolute Gasteiger partial charge is 0.457 e. The molecule has 0 saturated carbocycles. The Bertz CT molecular complexity index is 281. The molecule has 0 radical (unpaired) electrons. The summed E-state index contributed by atoms with van der Waals surface area (Å²) in [5.41, 5.74) is -0.377. The summed E-state index contributed by atoms with van der Waals surface area (Å²) >= 11 is 0. The fourth-order valence-electron chi connectivity index (χ4n) is 1.30. The average molecular weight is 258 g/mol. The normalized spacial score (nSPS) is 12.1. The molecule has 18 heavy (non-hydrogen) atoms. The van der Waals surface area contributed by atoms with Gasteiger partial charge in [-0.2, -0.15) is 0 Å². The maximum Gasteiger partial charge on any atom is 0.417 e. The molecule has 4 nitrogen and oxygen atoms in total. The zero-order valence-corrected chi connectivity index (χ0v) is 12.5. The Labute approximate surface area is 110 Å². The minimum Gasteiger partial charge on any atom is -0.457 e. The number of rotatable bonds is 4. The van der Waals surface area contributed by atoms with E-state index < -0.39 is 17.5 Å². The first-order valence-electron chi connectivity index (χ1n) is 6.41. The van der Waals surface area contributed by atoms with E-state index in [2.05, 4.69) is 20.8 Å². The molecule has 0 aliphatic rings. The molecule has 0 aliphatic heterocycles. The maximum atomic E-state index is 11.3. The second-order valence-electron chi connectivity index (χ2n) is 6.66. The summed E-state index contributed by atoms with van der Waals surface area (Å²) in [6.07, 6.45) is 2.81. The van der Waals surface area contributed by atoms with Crippen molar-refractivity contribution < 1.29 is 19.1 Å². The minimum absolute atomic E-state index is 0.272. The molecule has 106 valence electrons. The van der Waals surface area contributed by atoms with Gasteiger partial charge in [-0.3, -0.25) is 0 Å². The standard InChI is InChI=1S/C14H26O4/c1-13(2,3)9-7-8-10-17-11(15)12(16)18-14(4,5)6/h7-10H2,1-6H3. The topological polar surface area (TPSA) is 52.6 Å². The zero-order chi connectivity index (χ0) is 14.4. The van der Waals surface area contributed by atoms with Gasteiger partial charge in [0.15, 0.2) is 0 Å². The summed E-state index contributed by atoms with van der Waals surface area (Å²) in [5, 5.41) is 0. The second kappa shape index (κ2) is 6.76. The van der Waals surface area contributed by atoms with Gasteiger partial charge >= 0.3 is 11.9 Å². The number of esters is 2. The Hall–Kier alpha value is -1.06. The van der Waals surface area contributed by atoms with Gasteiger partial charge in [-0.05, 0) is 45.4 Å². The molecule has 0 unspecified atom stereocenters. The van der Waals surface area contributed by atoms with Crippen LogP contribution in [0.15, 0.2) is 0 Å². The van der Waals surface area contributed by atoms with Gasteiger partial charge in [-0.1, -0.05) is 20.8 Å². The molecule has 0 aromatic carbocycles. The van der Waals surface area contributed by atoms with E-state index in [9.17, 15) is 9.59 Å². The van der Waals surface area contributed by atoms with Crippen LogP contribution in [-0.4, -0.2) is 24.1 Å². The van der Waals surface area contributed by atoms with E-state index in [1.807, 2.05) is 0 Å². The van der Waals surface area contributed by atoms with Crippen molar-refractivity contribution in [1.82, 2.24) is 0 Å². The summed E-state index contributed by atoms with van der Waals surface area (Å²) in [5.74, 6) is -1.82. The lowest BCUT2D eigenvalue weighted by atomic mass is 9.90. The third kappa shape index (κ3) is 10.1. The Kier molecular flexibility index (Phi) is 6.36. The van der Waals surface area contributed by atoms with Crippen molar-refractivity contribution in [2.75, 3.05) is 6.61 Å². The lowest BCUT2D eigenvalue weighted by Crippen LogP contribution is -2.30. The number of ether oxygens (including phenoxy) is 2. The summed E-state index contributed by atoms with van der Waals surface area (Å²) in [7, 11) is 0. The monoisotopic (exact) mass is 258 g/mol. The van der Waals surface area contributed by atoms with Crippen molar-refractivity contribution in [2.24, 2.45) is 5.41 Å². The van der Waals surface area contributed by atoms with Gasteiger partial charge in [0.05, 0.1) is 6.61 Å². The Morgan fingerprint density at radius 2 is 1.44 bits per heavy atom. The molecule has 0 amide bonds. The summed E-state index contributed by atoms with van der Waals surface area (Å²) in [6, 6.07) is 0. The van der Waals surface area contributed by atoms with Crippen LogP contribution in [0.4, 0.5) is 0 Å². The third-order valence-electron chi connectivity index (χ3n) is 2.12. The van der Waals surface area contributed by atoms with Crippen LogP contribution in [0.2, 0.25) is 0 Å². The van der Waals surface area contributed by atoms with Crippen LogP contribution < -0.4 is 0 Å².